The second-order valence-electron chi connectivity index (χ2n) is 6.24. The first-order valence-corrected chi connectivity index (χ1v) is 8.84. The van der Waals surface area contributed by atoms with Gasteiger partial charge >= 0.3 is 0 Å². The Morgan fingerprint density at radius 3 is 2.38 bits per heavy atom. The van der Waals surface area contributed by atoms with E-state index in [1.54, 1.807) is 66.7 Å². The second kappa shape index (κ2) is 7.77. The molecule has 0 saturated carbocycles. The number of anilines is 1. The predicted octanol–water partition coefficient (Wildman–Crippen LogP) is 5.05. The van der Waals surface area contributed by atoms with Crippen molar-refractivity contribution >= 4 is 34.1 Å². The number of aromatic nitrogens is 1. The minimum absolute atomic E-state index is 0.173. The first-order chi connectivity index (χ1) is 14.1. The standard InChI is InChI=1S/C22H16N4O3/c27-20(14-8-2-1-3-9-14)23-18-13-7-5-11-16(18)21(28)26-25-19-15-10-4-6-12-17(15)24-22(19)29/h1-13,24,29H,(H,23,27). The number of para-hydroxylation sites is 2. The average molecular weight is 384 g/mol. The largest absolute Gasteiger partial charge is 0.493 e. The van der Waals surface area contributed by atoms with Crippen LogP contribution < -0.4 is 5.32 Å². The van der Waals surface area contributed by atoms with E-state index in [2.05, 4.69) is 20.5 Å². The third kappa shape index (κ3) is 3.74. The number of H-pyrrole nitrogens is 1. The van der Waals surface area contributed by atoms with E-state index in [0.717, 1.165) is 0 Å². The maximum atomic E-state index is 12.6. The van der Waals surface area contributed by atoms with Crippen LogP contribution in [0.2, 0.25) is 0 Å². The molecule has 142 valence electrons. The highest BCUT2D eigenvalue weighted by atomic mass is 16.3. The summed E-state index contributed by atoms with van der Waals surface area (Å²) in [6, 6.07) is 22.4. The Balaban J connectivity index is 1.60. The normalized spacial score (nSPS) is 11.0. The number of hydrogen-bond donors (Lipinski definition) is 3. The quantitative estimate of drug-likeness (QED) is 0.429. The zero-order valence-corrected chi connectivity index (χ0v) is 15.2. The van der Waals surface area contributed by atoms with Crippen molar-refractivity contribution in [3.05, 3.63) is 90.0 Å². The number of aromatic hydroxyl groups is 1. The van der Waals surface area contributed by atoms with Crippen molar-refractivity contribution in [1.82, 2.24) is 4.98 Å². The minimum atomic E-state index is -0.640. The van der Waals surface area contributed by atoms with Crippen LogP contribution in [0.5, 0.6) is 5.88 Å². The summed E-state index contributed by atoms with van der Waals surface area (Å²) in [4.78, 5) is 27.8. The summed E-state index contributed by atoms with van der Waals surface area (Å²) in [5.74, 6) is -1.15. The Morgan fingerprint density at radius 1 is 0.862 bits per heavy atom. The summed E-state index contributed by atoms with van der Waals surface area (Å²) in [6.45, 7) is 0. The number of nitrogens with zero attached hydrogens (tertiary/aromatic N) is 2. The van der Waals surface area contributed by atoms with E-state index < -0.39 is 5.91 Å². The first-order valence-electron chi connectivity index (χ1n) is 8.84. The van der Waals surface area contributed by atoms with Crippen molar-refractivity contribution in [2.75, 3.05) is 5.32 Å². The fourth-order valence-corrected chi connectivity index (χ4v) is 2.93. The van der Waals surface area contributed by atoms with Gasteiger partial charge in [0.15, 0.2) is 5.69 Å². The molecule has 0 aliphatic carbocycles. The molecule has 4 rings (SSSR count). The maximum absolute atomic E-state index is 12.6. The van der Waals surface area contributed by atoms with Gasteiger partial charge in [-0.15, -0.1) is 10.2 Å². The molecule has 0 unspecified atom stereocenters. The molecule has 0 aliphatic rings. The lowest BCUT2D eigenvalue weighted by atomic mass is 10.1. The van der Waals surface area contributed by atoms with Gasteiger partial charge in [0.1, 0.15) is 0 Å². The van der Waals surface area contributed by atoms with Gasteiger partial charge in [0.2, 0.25) is 5.88 Å². The minimum Gasteiger partial charge on any atom is -0.493 e. The number of hydrogen-bond acceptors (Lipinski definition) is 4. The highest BCUT2D eigenvalue weighted by Crippen LogP contribution is 2.35. The Morgan fingerprint density at radius 2 is 1.55 bits per heavy atom. The van der Waals surface area contributed by atoms with Gasteiger partial charge in [-0.25, -0.2) is 0 Å². The average Bonchev–Trinajstić information content (AvgIpc) is 3.08. The van der Waals surface area contributed by atoms with Gasteiger partial charge in [0.25, 0.3) is 11.8 Å². The molecule has 0 atom stereocenters. The number of amides is 2. The van der Waals surface area contributed by atoms with E-state index in [-0.39, 0.29) is 23.0 Å². The number of carbonyl (C=O) groups excluding carboxylic acids is 2. The van der Waals surface area contributed by atoms with Crippen LogP contribution >= 0.6 is 0 Å². The maximum Gasteiger partial charge on any atom is 0.297 e. The molecule has 7 heteroatoms. The topological polar surface area (TPSA) is 107 Å². The van der Waals surface area contributed by atoms with E-state index in [1.165, 1.54) is 0 Å². The van der Waals surface area contributed by atoms with Crippen LogP contribution in [0.1, 0.15) is 20.7 Å². The SMILES string of the molecule is O=C(Nc1ccccc1C(=O)N=Nc1c(O)[nH]c2ccccc12)c1ccccc1. The van der Waals surface area contributed by atoms with Crippen LogP contribution in [0.15, 0.2) is 89.1 Å². The molecule has 0 aliphatic heterocycles. The lowest BCUT2D eigenvalue weighted by Crippen LogP contribution is -2.14. The Hall–Kier alpha value is -4.26. The molecular weight excluding hydrogens is 368 g/mol. The van der Waals surface area contributed by atoms with Crippen LogP contribution in [0.25, 0.3) is 10.9 Å². The molecule has 3 aromatic carbocycles. The van der Waals surface area contributed by atoms with Crippen molar-refractivity contribution in [2.45, 2.75) is 0 Å². The van der Waals surface area contributed by atoms with Crippen LogP contribution in [0.3, 0.4) is 0 Å². The molecule has 0 saturated heterocycles. The van der Waals surface area contributed by atoms with E-state index in [0.29, 0.717) is 22.2 Å². The van der Waals surface area contributed by atoms with Gasteiger partial charge < -0.3 is 15.4 Å². The summed E-state index contributed by atoms with van der Waals surface area (Å²) in [5, 5.41) is 21.1. The molecule has 2 amide bonds. The van der Waals surface area contributed by atoms with Crippen molar-refractivity contribution < 1.29 is 14.7 Å². The molecule has 29 heavy (non-hydrogen) atoms. The number of benzene rings is 3. The number of fused-ring (bicyclic) bond motifs is 1. The molecule has 0 fully saturated rings. The Labute approximate surface area is 165 Å². The molecule has 0 radical (unpaired) electrons. The predicted molar refractivity (Wildman–Crippen MR) is 110 cm³/mol. The van der Waals surface area contributed by atoms with Crippen LogP contribution in [0, 0.1) is 0 Å². The number of nitrogens with one attached hydrogen (secondary N) is 2. The summed E-state index contributed by atoms with van der Waals surface area (Å²) < 4.78 is 0. The number of carbonyl (C=O) groups is 2. The first kappa shape index (κ1) is 18.1. The van der Waals surface area contributed by atoms with Crippen LogP contribution in [-0.2, 0) is 0 Å². The van der Waals surface area contributed by atoms with Crippen molar-refractivity contribution in [3.8, 4) is 5.88 Å². The smallest absolute Gasteiger partial charge is 0.297 e. The van der Waals surface area contributed by atoms with Gasteiger partial charge in [-0.2, -0.15) is 0 Å². The van der Waals surface area contributed by atoms with Gasteiger partial charge in [-0.3, -0.25) is 9.59 Å². The van der Waals surface area contributed by atoms with Crippen molar-refractivity contribution in [3.63, 3.8) is 0 Å². The zero-order valence-electron chi connectivity index (χ0n) is 15.2. The Kier molecular flexibility index (Phi) is 4.86. The van der Waals surface area contributed by atoms with E-state index in [1.807, 2.05) is 12.1 Å². The van der Waals surface area contributed by atoms with Crippen molar-refractivity contribution in [2.24, 2.45) is 10.2 Å². The van der Waals surface area contributed by atoms with E-state index in [9.17, 15) is 14.7 Å². The molecule has 1 heterocycles. The van der Waals surface area contributed by atoms with Gasteiger partial charge in [0.05, 0.1) is 16.8 Å². The lowest BCUT2D eigenvalue weighted by Gasteiger charge is -2.08. The zero-order chi connectivity index (χ0) is 20.2. The fourth-order valence-electron chi connectivity index (χ4n) is 2.93. The fraction of sp³-hybridized carbons (Fsp3) is 0. The molecule has 0 spiro atoms. The molecule has 4 aromatic rings. The Bertz CT molecular complexity index is 1230. The van der Waals surface area contributed by atoms with Crippen molar-refractivity contribution in [1.29, 1.82) is 0 Å². The van der Waals surface area contributed by atoms with Gasteiger partial charge in [-0.1, -0.05) is 48.5 Å². The molecule has 3 N–H and O–H groups in total. The third-order valence-corrected chi connectivity index (χ3v) is 4.34. The number of rotatable bonds is 4. The highest BCUT2D eigenvalue weighted by Gasteiger charge is 2.15. The summed E-state index contributed by atoms with van der Waals surface area (Å²) in [6.07, 6.45) is 0. The lowest BCUT2D eigenvalue weighted by molar-refractivity contribution is 0.0996. The monoisotopic (exact) mass is 384 g/mol. The van der Waals surface area contributed by atoms with Gasteiger partial charge in [0, 0.05) is 10.9 Å². The third-order valence-electron chi connectivity index (χ3n) is 4.34. The second-order valence-corrected chi connectivity index (χ2v) is 6.24. The molecule has 1 aromatic heterocycles. The van der Waals surface area contributed by atoms with Gasteiger partial charge in [-0.05, 0) is 30.3 Å². The summed E-state index contributed by atoms with van der Waals surface area (Å²) in [7, 11) is 0. The summed E-state index contributed by atoms with van der Waals surface area (Å²) in [5.41, 5.74) is 1.86. The molecular formula is C22H16N4O3. The number of aromatic amines is 1. The van der Waals surface area contributed by atoms with Crippen LogP contribution in [-0.4, -0.2) is 21.9 Å². The van der Waals surface area contributed by atoms with Crippen LogP contribution in [0.4, 0.5) is 11.4 Å². The molecule has 7 nitrogen and oxygen atoms in total. The highest BCUT2D eigenvalue weighted by molar-refractivity contribution is 6.09. The van der Waals surface area contributed by atoms with E-state index in [4.69, 9.17) is 0 Å². The summed E-state index contributed by atoms with van der Waals surface area (Å²) >= 11 is 0. The van der Waals surface area contributed by atoms with E-state index >= 15 is 0 Å². The molecule has 0 bridgehead atoms. The number of azo groups is 1.